The molecule has 0 aliphatic carbocycles. The maximum absolute atomic E-state index is 10.6. The van der Waals surface area contributed by atoms with E-state index < -0.39 is 11.9 Å². The van der Waals surface area contributed by atoms with Crippen LogP contribution in [-0.4, -0.2) is 25.2 Å². The molecule has 0 fully saturated rings. The molecule has 0 amide bonds. The molecule has 0 N–H and O–H groups in total. The summed E-state index contributed by atoms with van der Waals surface area (Å²) in [6.07, 6.45) is 0. The van der Waals surface area contributed by atoms with Crippen LogP contribution in [-0.2, 0) is 0 Å². The molecule has 2 aromatic rings. The first-order valence-corrected chi connectivity index (χ1v) is 6.44. The number of carbonyl (C=O) groups is 2. The van der Waals surface area contributed by atoms with Crippen LogP contribution in [0.5, 0.6) is 11.5 Å². The van der Waals surface area contributed by atoms with E-state index in [-0.39, 0.29) is 127 Å². The summed E-state index contributed by atoms with van der Waals surface area (Å²) in [7, 11) is 0. The van der Waals surface area contributed by atoms with Crippen LogP contribution < -0.4 is 122 Å². The Morgan fingerprint density at radius 1 is 0.667 bits per heavy atom. The number of carboxylic acid groups (broad SMARTS) is 2. The van der Waals surface area contributed by atoms with Gasteiger partial charge in [0.25, 0.3) is 0 Å². The van der Waals surface area contributed by atoms with Gasteiger partial charge in [-0.2, -0.15) is 0 Å². The van der Waals surface area contributed by atoms with E-state index in [0.29, 0.717) is 11.5 Å². The quantitative estimate of drug-likeness (QED) is 0.351. The van der Waals surface area contributed by atoms with Crippen molar-refractivity contribution in [2.75, 3.05) is 13.2 Å². The van der Waals surface area contributed by atoms with Gasteiger partial charge < -0.3 is 29.3 Å². The number of rotatable bonds is 7. The van der Waals surface area contributed by atoms with Gasteiger partial charge in [-0.3, -0.25) is 0 Å². The van der Waals surface area contributed by atoms with Gasteiger partial charge in [0.2, 0.25) is 0 Å². The first-order valence-electron chi connectivity index (χ1n) is 6.44. The molecule has 2 rings (SSSR count). The molecule has 0 heterocycles. The Kier molecular flexibility index (Phi) is 12.7. The second kappa shape index (κ2) is 12.6. The molecule has 8 heteroatoms. The number of benzene rings is 2. The average Bonchev–Trinajstić information content (AvgIpc) is 2.52. The summed E-state index contributed by atoms with van der Waals surface area (Å²) in [6, 6.07) is 11.7. The van der Waals surface area contributed by atoms with Crippen LogP contribution in [0.15, 0.2) is 48.5 Å². The van der Waals surface area contributed by atoms with E-state index in [9.17, 15) is 19.8 Å². The third-order valence-corrected chi connectivity index (χ3v) is 2.80. The van der Waals surface area contributed by atoms with Gasteiger partial charge in [-0.05, 0) is 59.7 Å². The number of hydrogen-bond acceptors (Lipinski definition) is 6. The van der Waals surface area contributed by atoms with Crippen molar-refractivity contribution >= 4 is 11.9 Å². The molecule has 0 atom stereocenters. The zero-order valence-corrected chi connectivity index (χ0v) is 19.7. The number of carboxylic acids is 2. The Labute approximate surface area is 224 Å². The minimum Gasteiger partial charge on any atom is -0.545 e. The van der Waals surface area contributed by atoms with Crippen molar-refractivity contribution in [3.05, 3.63) is 59.7 Å². The average molecular weight is 378 g/mol. The summed E-state index contributed by atoms with van der Waals surface area (Å²) >= 11 is 0. The fourth-order valence-corrected chi connectivity index (χ4v) is 1.69. The van der Waals surface area contributed by atoms with Gasteiger partial charge in [0.05, 0.1) is 11.9 Å². The van der Waals surface area contributed by atoms with Crippen LogP contribution in [0.3, 0.4) is 0 Å². The van der Waals surface area contributed by atoms with Crippen LogP contribution in [0.2, 0.25) is 0 Å². The van der Waals surface area contributed by atoms with Crippen LogP contribution in [0.25, 0.3) is 0 Å². The maximum atomic E-state index is 10.6. The van der Waals surface area contributed by atoms with E-state index in [4.69, 9.17) is 9.47 Å². The van der Waals surface area contributed by atoms with Crippen LogP contribution >= 0.6 is 0 Å². The summed E-state index contributed by atoms with van der Waals surface area (Å²) in [5, 5.41) is 21.2. The molecule has 0 saturated heterocycles. The summed E-state index contributed by atoms with van der Waals surface area (Å²) in [5.41, 5.74) is 0.160. The normalized spacial score (nSPS) is 9.17. The first kappa shape index (κ1) is 24.3. The zero-order chi connectivity index (χ0) is 15.9. The Bertz CT molecular complexity index is 596. The molecule has 0 aromatic heterocycles. The molecule has 0 radical (unpaired) electrons. The topological polar surface area (TPSA) is 98.7 Å². The molecular weight excluding hydrogens is 366 g/mol. The van der Waals surface area contributed by atoms with Gasteiger partial charge in [0, 0.05) is 0 Å². The van der Waals surface area contributed by atoms with Crippen molar-refractivity contribution in [1.82, 2.24) is 0 Å². The van der Waals surface area contributed by atoms with E-state index >= 15 is 0 Å². The first-order chi connectivity index (χ1) is 10.6. The van der Waals surface area contributed by atoms with Crippen molar-refractivity contribution in [3.63, 3.8) is 0 Å². The Morgan fingerprint density at radius 2 is 0.958 bits per heavy atom. The monoisotopic (exact) mass is 378 g/mol. The largest absolute Gasteiger partial charge is 1.00 e. The number of aromatic carboxylic acids is 2. The molecule has 6 nitrogen and oxygen atoms in total. The fraction of sp³-hybridized carbons (Fsp3) is 0.125. The molecule has 0 bridgehead atoms. The molecule has 0 aliphatic heterocycles. The fourth-order valence-electron chi connectivity index (χ4n) is 1.69. The Hall–Kier alpha value is 0.253. The van der Waals surface area contributed by atoms with E-state index in [1.165, 1.54) is 48.5 Å². The standard InChI is InChI=1S/C16H14O6.2K/c17-15(18)11-1-5-13(6-2-11)21-9-10-22-14-7-3-12(4-8-14)16(19)20;;/h1-8H,9-10H2,(H,17,18)(H,19,20);;/q;2*+1/p-2. The van der Waals surface area contributed by atoms with Gasteiger partial charge in [0.1, 0.15) is 24.7 Å². The SMILES string of the molecule is O=C([O-])c1ccc(OCCOc2ccc(C(=O)[O-])cc2)cc1.[K+].[K+]. The Balaban J connectivity index is 0.00000264. The number of carbonyl (C=O) groups excluding carboxylic acids is 2. The van der Waals surface area contributed by atoms with E-state index in [1.54, 1.807) is 0 Å². The third-order valence-electron chi connectivity index (χ3n) is 2.80. The van der Waals surface area contributed by atoms with E-state index in [1.807, 2.05) is 0 Å². The predicted molar refractivity (Wildman–Crippen MR) is 72.5 cm³/mol. The summed E-state index contributed by atoms with van der Waals surface area (Å²) in [5.74, 6) is -1.45. The van der Waals surface area contributed by atoms with Gasteiger partial charge in [-0.25, -0.2) is 0 Å². The smallest absolute Gasteiger partial charge is 0.545 e. The molecular formula is C16H12K2O6. The minimum atomic E-state index is -1.24. The van der Waals surface area contributed by atoms with Gasteiger partial charge in [0.15, 0.2) is 0 Å². The van der Waals surface area contributed by atoms with Gasteiger partial charge in [-0.15, -0.1) is 0 Å². The van der Waals surface area contributed by atoms with Crippen molar-refractivity contribution in [1.29, 1.82) is 0 Å². The minimum absolute atomic E-state index is 0. The predicted octanol–water partition coefficient (Wildman–Crippen LogP) is -6.12. The summed E-state index contributed by atoms with van der Waals surface area (Å²) in [6.45, 7) is 0.514. The molecule has 0 saturated carbocycles. The van der Waals surface area contributed by atoms with Crippen molar-refractivity contribution < 1.29 is 132 Å². The second-order valence-corrected chi connectivity index (χ2v) is 4.32. The third kappa shape index (κ3) is 8.09. The molecule has 0 unspecified atom stereocenters. The van der Waals surface area contributed by atoms with Crippen molar-refractivity contribution in [3.8, 4) is 11.5 Å². The zero-order valence-electron chi connectivity index (χ0n) is 13.5. The molecule has 114 valence electrons. The van der Waals surface area contributed by atoms with E-state index in [2.05, 4.69) is 0 Å². The van der Waals surface area contributed by atoms with Crippen LogP contribution in [0.4, 0.5) is 0 Å². The van der Waals surface area contributed by atoms with Crippen LogP contribution in [0, 0.1) is 0 Å². The summed E-state index contributed by atoms with van der Waals surface area (Å²) < 4.78 is 10.8. The Morgan fingerprint density at radius 3 is 1.21 bits per heavy atom. The van der Waals surface area contributed by atoms with E-state index in [0.717, 1.165) is 0 Å². The molecule has 24 heavy (non-hydrogen) atoms. The van der Waals surface area contributed by atoms with Gasteiger partial charge >= 0.3 is 103 Å². The van der Waals surface area contributed by atoms with Crippen molar-refractivity contribution in [2.24, 2.45) is 0 Å². The molecule has 2 aromatic carbocycles. The van der Waals surface area contributed by atoms with Crippen LogP contribution in [0.1, 0.15) is 20.7 Å². The number of ether oxygens (including phenoxy) is 2. The van der Waals surface area contributed by atoms with Gasteiger partial charge in [-0.1, -0.05) is 0 Å². The van der Waals surface area contributed by atoms with Crippen molar-refractivity contribution in [2.45, 2.75) is 0 Å². The maximum Gasteiger partial charge on any atom is 1.00 e. The second-order valence-electron chi connectivity index (χ2n) is 4.32. The molecule has 0 aliphatic rings. The summed E-state index contributed by atoms with van der Waals surface area (Å²) in [4.78, 5) is 21.2. The molecule has 0 spiro atoms. The number of hydrogen-bond donors (Lipinski definition) is 0.